The van der Waals surface area contributed by atoms with Crippen molar-refractivity contribution in [2.24, 2.45) is 0 Å². The normalized spacial score (nSPS) is 11.2. The number of hydrogen-bond acceptors (Lipinski definition) is 2. The van der Waals surface area contributed by atoms with Gasteiger partial charge >= 0.3 is 0 Å². The summed E-state index contributed by atoms with van der Waals surface area (Å²) in [6.07, 6.45) is 0. The molecule has 0 aliphatic heterocycles. The van der Waals surface area contributed by atoms with E-state index in [0.29, 0.717) is 5.56 Å². The van der Waals surface area contributed by atoms with Crippen molar-refractivity contribution in [1.29, 1.82) is 0 Å². The highest BCUT2D eigenvalue weighted by atomic mass is 32.1. The van der Waals surface area contributed by atoms with Gasteiger partial charge in [-0.15, -0.1) is 11.3 Å². The van der Waals surface area contributed by atoms with Crippen molar-refractivity contribution in [2.45, 2.75) is 26.4 Å². The van der Waals surface area contributed by atoms with E-state index >= 15 is 0 Å². The van der Waals surface area contributed by atoms with Crippen LogP contribution < -0.4 is 0 Å². The second-order valence-corrected chi connectivity index (χ2v) is 6.86. The number of hydrogen-bond donors (Lipinski definition) is 1. The number of halogens is 1. The summed E-state index contributed by atoms with van der Waals surface area (Å²) in [6, 6.07) is 16.8. The minimum Gasteiger partial charge on any atom is -0.392 e. The molecule has 118 valence electrons. The zero-order valence-corrected chi connectivity index (χ0v) is 14.0. The second-order valence-electron chi connectivity index (χ2n) is 5.81. The highest BCUT2D eigenvalue weighted by molar-refractivity contribution is 7.16. The molecule has 1 N–H and O–H groups in total. The van der Waals surface area contributed by atoms with Gasteiger partial charge in [-0.2, -0.15) is 0 Å². The molecule has 0 saturated carbocycles. The average Bonchev–Trinajstić information content (AvgIpc) is 2.95. The van der Waals surface area contributed by atoms with Crippen LogP contribution in [-0.4, -0.2) is 5.11 Å². The molecule has 3 heteroatoms. The van der Waals surface area contributed by atoms with E-state index in [1.807, 2.05) is 36.4 Å². The van der Waals surface area contributed by atoms with Crippen molar-refractivity contribution >= 4 is 11.3 Å². The molecule has 0 saturated heterocycles. The Hall–Kier alpha value is -1.97. The Morgan fingerprint density at radius 1 is 1.00 bits per heavy atom. The smallest absolute Gasteiger partial charge is 0.131 e. The van der Waals surface area contributed by atoms with Crippen LogP contribution in [0.2, 0.25) is 0 Å². The van der Waals surface area contributed by atoms with Gasteiger partial charge in [0.25, 0.3) is 0 Å². The summed E-state index contributed by atoms with van der Waals surface area (Å²) >= 11 is 1.65. The van der Waals surface area contributed by atoms with Crippen molar-refractivity contribution in [3.05, 3.63) is 70.9 Å². The first-order valence-corrected chi connectivity index (χ1v) is 8.51. The Balaban J connectivity index is 2.34. The molecule has 0 bridgehead atoms. The zero-order chi connectivity index (χ0) is 16.4. The van der Waals surface area contributed by atoms with Crippen LogP contribution in [0.3, 0.4) is 0 Å². The van der Waals surface area contributed by atoms with E-state index in [-0.39, 0.29) is 18.3 Å². The molecule has 0 unspecified atom stereocenters. The van der Waals surface area contributed by atoms with Crippen LogP contribution in [0, 0.1) is 5.82 Å². The maximum atomic E-state index is 14.4. The van der Waals surface area contributed by atoms with Gasteiger partial charge in [0.2, 0.25) is 0 Å². The van der Waals surface area contributed by atoms with Gasteiger partial charge in [0.15, 0.2) is 0 Å². The molecule has 1 heterocycles. The lowest BCUT2D eigenvalue weighted by Gasteiger charge is -2.10. The van der Waals surface area contributed by atoms with Gasteiger partial charge in [-0.3, -0.25) is 0 Å². The highest BCUT2D eigenvalue weighted by Gasteiger charge is 2.23. The van der Waals surface area contributed by atoms with Crippen LogP contribution in [0.15, 0.2) is 54.6 Å². The lowest BCUT2D eigenvalue weighted by molar-refractivity contribution is 0.281. The summed E-state index contributed by atoms with van der Waals surface area (Å²) in [5, 5.41) is 9.94. The molecule has 1 nitrogen and oxygen atoms in total. The van der Waals surface area contributed by atoms with Gasteiger partial charge in [-0.05, 0) is 17.5 Å². The average molecular weight is 326 g/mol. The Morgan fingerprint density at radius 2 is 1.65 bits per heavy atom. The van der Waals surface area contributed by atoms with E-state index in [4.69, 9.17) is 0 Å². The summed E-state index contributed by atoms with van der Waals surface area (Å²) in [7, 11) is 0. The Kier molecular flexibility index (Phi) is 4.60. The molecular weight excluding hydrogens is 307 g/mol. The summed E-state index contributed by atoms with van der Waals surface area (Å²) in [6.45, 7) is 4.12. The van der Waals surface area contributed by atoms with Crippen molar-refractivity contribution in [3.8, 4) is 21.6 Å². The Morgan fingerprint density at radius 3 is 2.26 bits per heavy atom. The van der Waals surface area contributed by atoms with Crippen LogP contribution in [0.5, 0.6) is 0 Å². The molecule has 0 aliphatic rings. The quantitative estimate of drug-likeness (QED) is 0.639. The minimum atomic E-state index is -0.257. The zero-order valence-electron chi connectivity index (χ0n) is 13.2. The van der Waals surface area contributed by atoms with Gasteiger partial charge in [0, 0.05) is 26.4 Å². The largest absolute Gasteiger partial charge is 0.392 e. The number of benzene rings is 2. The number of thiophene rings is 1. The molecule has 0 fully saturated rings. The monoisotopic (exact) mass is 326 g/mol. The molecule has 23 heavy (non-hydrogen) atoms. The second kappa shape index (κ2) is 6.65. The molecule has 0 aliphatic carbocycles. The van der Waals surface area contributed by atoms with Gasteiger partial charge in [-0.25, -0.2) is 4.39 Å². The predicted molar refractivity (Wildman–Crippen MR) is 95.2 cm³/mol. The van der Waals surface area contributed by atoms with Crippen LogP contribution in [0.4, 0.5) is 4.39 Å². The SMILES string of the molecule is CC(C)c1sc(-c2ccccc2)c(-c2ccccc2F)c1CO. The number of aliphatic hydroxyl groups excluding tert-OH is 1. The van der Waals surface area contributed by atoms with Crippen LogP contribution >= 0.6 is 11.3 Å². The molecular formula is C20H19FOS. The summed E-state index contributed by atoms with van der Waals surface area (Å²) in [5.41, 5.74) is 3.27. The van der Waals surface area contributed by atoms with Crippen LogP contribution in [0.25, 0.3) is 21.6 Å². The van der Waals surface area contributed by atoms with Gasteiger partial charge in [0.1, 0.15) is 5.82 Å². The number of rotatable bonds is 4. The predicted octanol–water partition coefficient (Wildman–Crippen LogP) is 5.84. The number of aliphatic hydroxyl groups is 1. The fourth-order valence-electron chi connectivity index (χ4n) is 2.85. The van der Waals surface area contributed by atoms with E-state index < -0.39 is 0 Å². The first-order chi connectivity index (χ1) is 11.1. The van der Waals surface area contributed by atoms with E-state index in [2.05, 4.69) is 13.8 Å². The van der Waals surface area contributed by atoms with E-state index in [1.54, 1.807) is 23.5 Å². The Bertz CT molecular complexity index is 806. The third-order valence-electron chi connectivity index (χ3n) is 3.90. The molecule has 0 amide bonds. The van der Waals surface area contributed by atoms with Crippen molar-refractivity contribution in [3.63, 3.8) is 0 Å². The standard InChI is InChI=1S/C20H19FOS/c1-13(2)19-16(12-22)18(15-10-6-7-11-17(15)21)20(23-19)14-8-4-3-5-9-14/h3-11,13,22H,12H2,1-2H3. The first kappa shape index (κ1) is 15.9. The van der Waals surface area contributed by atoms with Crippen LogP contribution in [0.1, 0.15) is 30.2 Å². The third-order valence-corrected chi connectivity index (χ3v) is 5.48. The summed E-state index contributed by atoms with van der Waals surface area (Å²) < 4.78 is 14.4. The summed E-state index contributed by atoms with van der Waals surface area (Å²) in [5.74, 6) is 0.0256. The lowest BCUT2D eigenvalue weighted by atomic mass is 9.95. The van der Waals surface area contributed by atoms with E-state index in [0.717, 1.165) is 26.4 Å². The van der Waals surface area contributed by atoms with Crippen molar-refractivity contribution < 1.29 is 9.50 Å². The molecule has 0 atom stereocenters. The molecule has 3 rings (SSSR count). The topological polar surface area (TPSA) is 20.2 Å². The first-order valence-electron chi connectivity index (χ1n) is 7.70. The highest BCUT2D eigenvalue weighted by Crippen LogP contribution is 2.46. The van der Waals surface area contributed by atoms with Crippen molar-refractivity contribution in [1.82, 2.24) is 0 Å². The van der Waals surface area contributed by atoms with Gasteiger partial charge in [0.05, 0.1) is 6.61 Å². The van der Waals surface area contributed by atoms with E-state index in [1.165, 1.54) is 6.07 Å². The van der Waals surface area contributed by atoms with Crippen molar-refractivity contribution in [2.75, 3.05) is 0 Å². The van der Waals surface area contributed by atoms with Gasteiger partial charge < -0.3 is 5.11 Å². The molecule has 1 aromatic heterocycles. The summed E-state index contributed by atoms with van der Waals surface area (Å²) in [4.78, 5) is 2.13. The van der Waals surface area contributed by atoms with E-state index in [9.17, 15) is 9.50 Å². The minimum absolute atomic E-state index is 0.0828. The molecule has 0 spiro atoms. The Labute approximate surface area is 140 Å². The van der Waals surface area contributed by atoms with Gasteiger partial charge in [-0.1, -0.05) is 62.4 Å². The maximum absolute atomic E-state index is 14.4. The maximum Gasteiger partial charge on any atom is 0.131 e. The lowest BCUT2D eigenvalue weighted by Crippen LogP contribution is -1.94. The van der Waals surface area contributed by atoms with Crippen LogP contribution in [-0.2, 0) is 6.61 Å². The fraction of sp³-hybridized carbons (Fsp3) is 0.200. The fourth-order valence-corrected chi connectivity index (χ4v) is 4.18. The molecule has 2 aromatic carbocycles. The molecule has 0 radical (unpaired) electrons. The molecule has 3 aromatic rings. The third kappa shape index (κ3) is 2.94.